The van der Waals surface area contributed by atoms with Crippen molar-refractivity contribution in [2.45, 2.75) is 31.2 Å². The normalized spacial score (nSPS) is 14.5. The van der Waals surface area contributed by atoms with Gasteiger partial charge in [-0.25, -0.2) is 4.98 Å². The molecular weight excluding hydrogens is 328 g/mol. The minimum absolute atomic E-state index is 0.102. The number of hydrogen-bond acceptors (Lipinski definition) is 6. The molecule has 0 saturated heterocycles. The summed E-state index contributed by atoms with van der Waals surface area (Å²) in [7, 11) is 3.98. The number of nitrogens with zero attached hydrogens (tertiary/aromatic N) is 2. The van der Waals surface area contributed by atoms with Crippen LogP contribution in [0.1, 0.15) is 20.8 Å². The molecule has 0 bridgehead atoms. The lowest BCUT2D eigenvalue weighted by Gasteiger charge is -2.49. The lowest BCUT2D eigenvalue weighted by atomic mass is 9.93. The van der Waals surface area contributed by atoms with E-state index in [0.29, 0.717) is 22.7 Å². The first-order valence-electron chi connectivity index (χ1n) is 6.75. The van der Waals surface area contributed by atoms with Gasteiger partial charge in [-0.15, -0.1) is 22.2 Å². The molecule has 1 unspecified atom stereocenters. The molecule has 1 aromatic heterocycles. The molecule has 0 spiro atoms. The molecule has 0 aromatic carbocycles. The van der Waals surface area contributed by atoms with Gasteiger partial charge in [-0.1, -0.05) is 20.8 Å². The van der Waals surface area contributed by atoms with E-state index >= 15 is 0 Å². The lowest BCUT2D eigenvalue weighted by molar-refractivity contribution is 0.293. The van der Waals surface area contributed by atoms with Crippen molar-refractivity contribution in [3.05, 3.63) is 6.20 Å². The van der Waals surface area contributed by atoms with Gasteiger partial charge in [0, 0.05) is 5.88 Å². The fourth-order valence-electron chi connectivity index (χ4n) is 2.12. The van der Waals surface area contributed by atoms with Crippen LogP contribution in [-0.4, -0.2) is 49.5 Å². The average Bonchev–Trinajstić information content (AvgIpc) is 2.50. The van der Waals surface area contributed by atoms with Gasteiger partial charge in [-0.3, -0.25) is 8.37 Å². The summed E-state index contributed by atoms with van der Waals surface area (Å²) in [6.45, 7) is 6.25. The number of hydrogen-bond donors (Lipinski definition) is 0. The van der Waals surface area contributed by atoms with Crippen molar-refractivity contribution in [1.82, 2.24) is 9.97 Å². The largest absolute Gasteiger partial charge is 0.490 e. The van der Waals surface area contributed by atoms with Crippen molar-refractivity contribution in [3.63, 3.8) is 0 Å². The average molecular weight is 353 g/mol. The number of rotatable bonds is 7. The van der Waals surface area contributed by atoms with Gasteiger partial charge >= 0.3 is 0 Å². The summed E-state index contributed by atoms with van der Waals surface area (Å²) in [4.78, 5) is 8.80. The Bertz CT molecular complexity index is 492. The third-order valence-electron chi connectivity index (χ3n) is 3.34. The van der Waals surface area contributed by atoms with Gasteiger partial charge in [0.1, 0.15) is 0 Å². The first-order valence-corrected chi connectivity index (χ1v) is 8.83. The van der Waals surface area contributed by atoms with Crippen molar-refractivity contribution < 1.29 is 17.8 Å². The van der Waals surface area contributed by atoms with Gasteiger partial charge in [-0.2, -0.15) is 4.98 Å². The van der Waals surface area contributed by atoms with Crippen LogP contribution in [0.3, 0.4) is 0 Å². The summed E-state index contributed by atoms with van der Waals surface area (Å²) in [6.07, 6.45) is 1.55. The maximum Gasteiger partial charge on any atom is 0.261 e. The summed E-state index contributed by atoms with van der Waals surface area (Å²) < 4.78 is 22.0. The molecule has 0 fully saturated rings. The minimum Gasteiger partial charge on any atom is -0.490 e. The molecule has 22 heavy (non-hydrogen) atoms. The van der Waals surface area contributed by atoms with E-state index < -0.39 is 10.6 Å². The molecule has 0 aliphatic heterocycles. The summed E-state index contributed by atoms with van der Waals surface area (Å²) in [5.41, 5.74) is -0.153. The van der Waals surface area contributed by atoms with Crippen LogP contribution in [0, 0.1) is 5.41 Å². The van der Waals surface area contributed by atoms with Gasteiger partial charge in [-0.05, 0) is 5.41 Å². The van der Waals surface area contributed by atoms with Crippen LogP contribution in [0.5, 0.6) is 11.6 Å². The van der Waals surface area contributed by atoms with Gasteiger partial charge in [0.05, 0.1) is 39.9 Å². The maximum atomic E-state index is 6.23. The Balaban J connectivity index is 3.48. The Labute approximate surface area is 139 Å². The fraction of sp³-hybridized carbons (Fsp3) is 0.714. The first kappa shape index (κ1) is 19.3. The highest BCUT2D eigenvalue weighted by Gasteiger charge is 2.42. The quantitative estimate of drug-likeness (QED) is 0.553. The number of methoxy groups -OCH3 is 2. The second-order valence-electron chi connectivity index (χ2n) is 5.62. The molecule has 1 heterocycles. The van der Waals surface area contributed by atoms with Crippen LogP contribution < -0.4 is 9.47 Å². The summed E-state index contributed by atoms with van der Waals surface area (Å²) in [5.74, 6) is 1.14. The molecule has 128 valence electrons. The van der Waals surface area contributed by atoms with Crippen molar-refractivity contribution in [2.75, 3.05) is 34.3 Å². The first-order chi connectivity index (χ1) is 10.3. The van der Waals surface area contributed by atoms with Crippen LogP contribution in [0.15, 0.2) is 11.4 Å². The number of alkyl halides is 1. The number of ether oxygens (including phenoxy) is 2. The fourth-order valence-corrected chi connectivity index (χ4v) is 5.74. The SMILES string of the molecule is COc1cnc(S(OC)(OC)C(CCl)C(C)(C)C)nc1OC. The summed E-state index contributed by atoms with van der Waals surface area (Å²) >= 11 is 6.23. The molecule has 6 nitrogen and oxygen atoms in total. The van der Waals surface area contributed by atoms with Crippen LogP contribution in [-0.2, 0) is 8.37 Å². The highest BCUT2D eigenvalue weighted by molar-refractivity contribution is 8.26. The number of aromatic nitrogens is 2. The van der Waals surface area contributed by atoms with Crippen molar-refractivity contribution in [3.8, 4) is 11.6 Å². The molecule has 1 aromatic rings. The lowest BCUT2D eigenvalue weighted by Crippen LogP contribution is -2.36. The smallest absolute Gasteiger partial charge is 0.261 e. The van der Waals surface area contributed by atoms with E-state index in [1.807, 2.05) is 0 Å². The molecule has 0 amide bonds. The Morgan fingerprint density at radius 2 is 1.73 bits per heavy atom. The number of halogens is 1. The van der Waals surface area contributed by atoms with Gasteiger partial charge < -0.3 is 9.47 Å². The monoisotopic (exact) mass is 352 g/mol. The molecule has 1 rings (SSSR count). The van der Waals surface area contributed by atoms with Gasteiger partial charge in [0.25, 0.3) is 5.88 Å². The maximum absolute atomic E-state index is 6.23. The zero-order valence-electron chi connectivity index (χ0n) is 14.2. The standard InChI is InChI=1S/C14H25ClN2O4S/c1-14(2,3)11(8-15)22(20-6,21-7)13-16-9-10(18-4)12(17-13)19-5/h9,11H,8H2,1-7H3. The van der Waals surface area contributed by atoms with E-state index in [9.17, 15) is 0 Å². The Morgan fingerprint density at radius 3 is 2.09 bits per heavy atom. The van der Waals surface area contributed by atoms with E-state index in [1.165, 1.54) is 14.2 Å². The van der Waals surface area contributed by atoms with Crippen molar-refractivity contribution in [1.29, 1.82) is 0 Å². The topological polar surface area (TPSA) is 62.7 Å². The molecule has 0 saturated carbocycles. The van der Waals surface area contributed by atoms with Crippen LogP contribution in [0.2, 0.25) is 0 Å². The van der Waals surface area contributed by atoms with Crippen LogP contribution >= 0.6 is 22.2 Å². The molecule has 0 N–H and O–H groups in total. The minimum atomic E-state index is -2.25. The zero-order chi connectivity index (χ0) is 17.0. The second kappa shape index (κ2) is 7.68. The molecular formula is C14H25ClN2O4S. The molecule has 0 radical (unpaired) electrons. The molecule has 0 aliphatic rings. The van der Waals surface area contributed by atoms with Gasteiger partial charge in [0.2, 0.25) is 5.16 Å². The highest BCUT2D eigenvalue weighted by Crippen LogP contribution is 2.63. The van der Waals surface area contributed by atoms with E-state index in [1.54, 1.807) is 20.4 Å². The Kier molecular flexibility index (Phi) is 6.73. The second-order valence-corrected chi connectivity index (χ2v) is 8.62. The van der Waals surface area contributed by atoms with Crippen molar-refractivity contribution >= 4 is 22.2 Å². The van der Waals surface area contributed by atoms with Crippen LogP contribution in [0.4, 0.5) is 0 Å². The molecule has 0 aliphatic carbocycles. The highest BCUT2D eigenvalue weighted by atomic mass is 35.5. The van der Waals surface area contributed by atoms with E-state index in [4.69, 9.17) is 29.4 Å². The Hall–Kier alpha value is -0.760. The summed E-state index contributed by atoms with van der Waals surface area (Å²) in [6, 6.07) is 0. The third kappa shape index (κ3) is 3.59. The molecule has 8 heteroatoms. The predicted octanol–water partition coefficient (Wildman–Crippen LogP) is 3.43. The van der Waals surface area contributed by atoms with E-state index in [2.05, 4.69) is 30.7 Å². The van der Waals surface area contributed by atoms with Crippen LogP contribution in [0.25, 0.3) is 0 Å². The predicted molar refractivity (Wildman–Crippen MR) is 89.0 cm³/mol. The van der Waals surface area contributed by atoms with Crippen molar-refractivity contribution in [2.24, 2.45) is 5.41 Å². The van der Waals surface area contributed by atoms with E-state index in [0.717, 1.165) is 0 Å². The summed E-state index contributed by atoms with van der Waals surface area (Å²) in [5, 5.41) is 0.325. The van der Waals surface area contributed by atoms with E-state index in [-0.39, 0.29) is 10.7 Å². The molecule has 1 atom stereocenters. The third-order valence-corrected chi connectivity index (χ3v) is 7.15. The van der Waals surface area contributed by atoms with Gasteiger partial charge in [0.15, 0.2) is 5.75 Å². The Morgan fingerprint density at radius 1 is 1.14 bits per heavy atom. The zero-order valence-corrected chi connectivity index (χ0v) is 15.7.